The van der Waals surface area contributed by atoms with Crippen molar-refractivity contribution in [3.8, 4) is 0 Å². The monoisotopic (exact) mass is 300 g/mol. The number of methoxy groups -OCH3 is 1. The number of fused-ring (bicyclic) bond motifs is 7. The average Bonchev–Trinajstić information content (AvgIpc) is 2.94. The van der Waals surface area contributed by atoms with E-state index in [1.54, 1.807) is 0 Å². The quantitative estimate of drug-likeness (QED) is 0.585. The molecule has 1 aromatic rings. The van der Waals surface area contributed by atoms with Crippen LogP contribution in [-0.4, -0.2) is 42.4 Å². The molecule has 6 heteroatoms. The minimum atomic E-state index is -1.14. The molecule has 6 nitrogen and oxygen atoms in total. The molecule has 2 saturated heterocycles. The van der Waals surface area contributed by atoms with Crippen molar-refractivity contribution in [1.82, 2.24) is 10.2 Å². The van der Waals surface area contributed by atoms with Crippen LogP contribution in [0.4, 0.5) is 0 Å². The number of hydrogen-bond acceptors (Lipinski definition) is 5. The lowest BCUT2D eigenvalue weighted by Gasteiger charge is -2.36. The molecule has 2 amide bonds. The number of nitrogens with zero attached hydrogens (tertiary/aromatic N) is 1. The highest BCUT2D eigenvalue weighted by atomic mass is 16.5. The number of carbonyl (C=O) groups is 3. The summed E-state index contributed by atoms with van der Waals surface area (Å²) >= 11 is 0. The number of esters is 1. The van der Waals surface area contributed by atoms with E-state index in [1.165, 1.54) is 14.2 Å². The molecule has 0 spiro atoms. The Kier molecular flexibility index (Phi) is 2.55. The normalized spacial score (nSPS) is 35.4. The first-order valence-corrected chi connectivity index (χ1v) is 7.26. The van der Waals surface area contributed by atoms with Crippen LogP contribution in [0.1, 0.15) is 17.2 Å². The first-order chi connectivity index (χ1) is 10.5. The number of amides is 2. The molecule has 1 N–H and O–H groups in total. The Bertz CT molecular complexity index is 716. The molecule has 0 aromatic heterocycles. The van der Waals surface area contributed by atoms with Crippen LogP contribution in [0.2, 0.25) is 0 Å². The zero-order valence-corrected chi connectivity index (χ0v) is 12.3. The molecule has 3 heterocycles. The Balaban J connectivity index is 1.94. The lowest BCUT2D eigenvalue weighted by atomic mass is 9.78. The summed E-state index contributed by atoms with van der Waals surface area (Å²) in [5, 5.41) is 3.25. The van der Waals surface area contributed by atoms with Gasteiger partial charge in [-0.1, -0.05) is 24.3 Å². The van der Waals surface area contributed by atoms with Crippen molar-refractivity contribution in [2.24, 2.45) is 11.8 Å². The van der Waals surface area contributed by atoms with E-state index < -0.39 is 23.3 Å². The standard InChI is InChI=1S/C16H16N2O4/c1-18-13(19)10-11(14(18)20)16(15(21)22-2)7-8-5-3-4-6-9(8)12(10)17-16/h3-6,10-12,17H,7H2,1-2H3/t10-,11-,12+,16-/m1/s1. The van der Waals surface area contributed by atoms with E-state index in [2.05, 4.69) is 5.32 Å². The molecule has 4 rings (SSSR count). The number of nitrogens with one attached hydrogen (secondary N) is 1. The maximum atomic E-state index is 12.6. The lowest BCUT2D eigenvalue weighted by molar-refractivity contribution is -0.154. The van der Waals surface area contributed by atoms with Gasteiger partial charge in [0.05, 0.1) is 18.9 Å². The minimum Gasteiger partial charge on any atom is -0.468 e. The summed E-state index contributed by atoms with van der Waals surface area (Å²) in [4.78, 5) is 38.7. The van der Waals surface area contributed by atoms with Gasteiger partial charge in [0.15, 0.2) is 0 Å². The van der Waals surface area contributed by atoms with Crippen molar-refractivity contribution >= 4 is 17.8 Å². The highest BCUT2D eigenvalue weighted by Gasteiger charge is 2.69. The fourth-order valence-corrected chi connectivity index (χ4v) is 4.32. The predicted octanol–water partition coefficient (Wildman–Crippen LogP) is 0.0298. The first kappa shape index (κ1) is 13.5. The van der Waals surface area contributed by atoms with Gasteiger partial charge >= 0.3 is 5.97 Å². The van der Waals surface area contributed by atoms with E-state index in [4.69, 9.17) is 4.74 Å². The van der Waals surface area contributed by atoms with Gasteiger partial charge in [0, 0.05) is 19.5 Å². The Morgan fingerprint density at radius 1 is 1.32 bits per heavy atom. The van der Waals surface area contributed by atoms with Gasteiger partial charge in [-0.05, 0) is 11.1 Å². The van der Waals surface area contributed by atoms with Gasteiger partial charge in [-0.15, -0.1) is 0 Å². The Morgan fingerprint density at radius 2 is 2.05 bits per heavy atom. The van der Waals surface area contributed by atoms with Crippen molar-refractivity contribution in [2.45, 2.75) is 18.0 Å². The van der Waals surface area contributed by atoms with Gasteiger partial charge in [-0.2, -0.15) is 0 Å². The molecule has 0 aliphatic carbocycles. The Hall–Kier alpha value is -2.21. The molecular formula is C16H16N2O4. The second-order valence-corrected chi connectivity index (χ2v) is 6.20. The van der Waals surface area contributed by atoms with Gasteiger partial charge in [0.25, 0.3) is 0 Å². The molecule has 1 aromatic carbocycles. The van der Waals surface area contributed by atoms with Crippen LogP contribution in [0, 0.1) is 11.8 Å². The van der Waals surface area contributed by atoms with Crippen molar-refractivity contribution in [3.63, 3.8) is 0 Å². The molecule has 0 radical (unpaired) electrons. The molecular weight excluding hydrogens is 284 g/mol. The summed E-state index contributed by atoms with van der Waals surface area (Å²) in [5.74, 6) is -2.25. The molecule has 114 valence electrons. The maximum Gasteiger partial charge on any atom is 0.327 e. The van der Waals surface area contributed by atoms with Crippen molar-refractivity contribution in [2.75, 3.05) is 14.2 Å². The topological polar surface area (TPSA) is 75.7 Å². The average molecular weight is 300 g/mol. The van der Waals surface area contributed by atoms with Gasteiger partial charge in [-0.25, -0.2) is 0 Å². The Labute approximate surface area is 127 Å². The van der Waals surface area contributed by atoms with Gasteiger partial charge in [0.1, 0.15) is 5.54 Å². The smallest absolute Gasteiger partial charge is 0.327 e. The third-order valence-corrected chi connectivity index (χ3v) is 5.28. The van der Waals surface area contributed by atoms with Gasteiger partial charge in [-0.3, -0.25) is 24.6 Å². The van der Waals surface area contributed by atoms with Crippen LogP contribution in [-0.2, 0) is 25.5 Å². The summed E-state index contributed by atoms with van der Waals surface area (Å²) in [7, 11) is 2.79. The number of ether oxygens (including phenoxy) is 1. The summed E-state index contributed by atoms with van der Waals surface area (Å²) in [6.07, 6.45) is 0.361. The first-order valence-electron chi connectivity index (χ1n) is 7.26. The van der Waals surface area contributed by atoms with Crippen LogP contribution in [0.25, 0.3) is 0 Å². The second-order valence-electron chi connectivity index (χ2n) is 6.20. The Morgan fingerprint density at radius 3 is 2.77 bits per heavy atom. The van der Waals surface area contributed by atoms with Crippen LogP contribution >= 0.6 is 0 Å². The number of carbonyl (C=O) groups excluding carboxylic acids is 3. The van der Waals surface area contributed by atoms with Crippen LogP contribution in [0.15, 0.2) is 24.3 Å². The molecule has 3 aliphatic rings. The fraction of sp³-hybridized carbons (Fsp3) is 0.438. The number of hydrogen-bond donors (Lipinski definition) is 1. The number of rotatable bonds is 1. The largest absolute Gasteiger partial charge is 0.468 e. The van der Waals surface area contributed by atoms with Crippen molar-refractivity contribution in [1.29, 1.82) is 0 Å². The molecule has 0 saturated carbocycles. The second kappa shape index (κ2) is 4.16. The highest BCUT2D eigenvalue weighted by Crippen LogP contribution is 2.53. The van der Waals surface area contributed by atoms with Crippen LogP contribution in [0.5, 0.6) is 0 Å². The van der Waals surface area contributed by atoms with E-state index in [1.807, 2.05) is 24.3 Å². The number of imide groups is 1. The predicted molar refractivity (Wildman–Crippen MR) is 75.5 cm³/mol. The van der Waals surface area contributed by atoms with Crippen LogP contribution in [0.3, 0.4) is 0 Å². The molecule has 22 heavy (non-hydrogen) atoms. The summed E-state index contributed by atoms with van der Waals surface area (Å²) in [6, 6.07) is 7.38. The summed E-state index contributed by atoms with van der Waals surface area (Å²) in [6.45, 7) is 0. The fourth-order valence-electron chi connectivity index (χ4n) is 4.32. The SMILES string of the molecule is COC(=O)[C@]12Cc3ccccc3[C@H](N1)[C@@H]1C(=O)N(C)C(=O)[C@@H]12. The third-order valence-electron chi connectivity index (χ3n) is 5.28. The number of likely N-dealkylation sites (tertiary alicyclic amines) is 1. The molecule has 4 atom stereocenters. The maximum absolute atomic E-state index is 12.6. The zero-order valence-electron chi connectivity index (χ0n) is 12.3. The van der Waals surface area contributed by atoms with E-state index in [-0.39, 0.29) is 17.9 Å². The summed E-state index contributed by atoms with van der Waals surface area (Å²) in [5.41, 5.74) is 0.843. The van der Waals surface area contributed by atoms with E-state index in [9.17, 15) is 14.4 Å². The van der Waals surface area contributed by atoms with E-state index >= 15 is 0 Å². The molecule has 2 fully saturated rings. The van der Waals surface area contributed by atoms with Crippen LogP contribution < -0.4 is 5.32 Å². The molecule has 2 bridgehead atoms. The minimum absolute atomic E-state index is 0.227. The zero-order chi connectivity index (χ0) is 15.6. The lowest BCUT2D eigenvalue weighted by Crippen LogP contribution is -2.59. The van der Waals surface area contributed by atoms with E-state index in [0.29, 0.717) is 6.42 Å². The number of benzene rings is 1. The van der Waals surface area contributed by atoms with Crippen molar-refractivity contribution in [3.05, 3.63) is 35.4 Å². The third kappa shape index (κ3) is 1.36. The van der Waals surface area contributed by atoms with Gasteiger partial charge < -0.3 is 4.74 Å². The molecule has 0 unspecified atom stereocenters. The molecule has 3 aliphatic heterocycles. The highest BCUT2D eigenvalue weighted by molar-refractivity contribution is 6.09. The van der Waals surface area contributed by atoms with Gasteiger partial charge in [0.2, 0.25) is 11.8 Å². The van der Waals surface area contributed by atoms with Crippen molar-refractivity contribution < 1.29 is 19.1 Å². The van der Waals surface area contributed by atoms with E-state index in [0.717, 1.165) is 16.0 Å². The summed E-state index contributed by atoms with van der Waals surface area (Å²) < 4.78 is 4.97.